The number of likely N-dealkylation sites (tertiary alicyclic amines) is 1. The summed E-state index contributed by atoms with van der Waals surface area (Å²) < 4.78 is 0. The Morgan fingerprint density at radius 1 is 1.33 bits per heavy atom. The summed E-state index contributed by atoms with van der Waals surface area (Å²) in [4.78, 5) is 14.3. The third-order valence-corrected chi connectivity index (χ3v) is 3.84. The zero-order valence-electron chi connectivity index (χ0n) is 10.2. The third kappa shape index (κ3) is 1.78. The Hall–Kier alpha value is -0.570. The van der Waals surface area contributed by atoms with E-state index in [4.69, 9.17) is 0 Å². The van der Waals surface area contributed by atoms with Crippen molar-refractivity contribution in [1.82, 2.24) is 10.2 Å². The fourth-order valence-electron chi connectivity index (χ4n) is 2.87. The number of amides is 1. The van der Waals surface area contributed by atoms with E-state index in [1.165, 1.54) is 0 Å². The van der Waals surface area contributed by atoms with Crippen molar-refractivity contribution in [2.45, 2.75) is 33.7 Å². The number of carbonyl (C=O) groups excluding carboxylic acids is 1. The zero-order valence-corrected chi connectivity index (χ0v) is 10.2. The molecule has 0 spiro atoms. The predicted octanol–water partition coefficient (Wildman–Crippen LogP) is 1.10. The van der Waals surface area contributed by atoms with Crippen LogP contribution < -0.4 is 5.32 Å². The van der Waals surface area contributed by atoms with E-state index in [2.05, 4.69) is 17.1 Å². The number of hydrogen-bond acceptors (Lipinski definition) is 2. The maximum absolute atomic E-state index is 12.2. The minimum atomic E-state index is -0.236. The molecule has 1 N–H and O–H groups in total. The lowest BCUT2D eigenvalue weighted by molar-refractivity contribution is -0.140. The van der Waals surface area contributed by atoms with Gasteiger partial charge in [0.15, 0.2) is 0 Å². The number of rotatable bonds is 0. The van der Waals surface area contributed by atoms with Crippen LogP contribution in [0.2, 0.25) is 0 Å². The molecular weight excluding hydrogens is 188 g/mol. The first-order valence-electron chi connectivity index (χ1n) is 5.93. The highest BCUT2D eigenvalue weighted by Crippen LogP contribution is 2.34. The Morgan fingerprint density at radius 3 is 2.53 bits per heavy atom. The average Bonchev–Trinajstić information content (AvgIpc) is 2.66. The van der Waals surface area contributed by atoms with Gasteiger partial charge in [-0.1, -0.05) is 20.8 Å². The molecule has 0 aromatic heterocycles. The van der Waals surface area contributed by atoms with Gasteiger partial charge in [0.05, 0.1) is 0 Å². The normalized spacial score (nSPS) is 35.7. The Bertz CT molecular complexity index is 269. The van der Waals surface area contributed by atoms with Crippen LogP contribution in [0, 0.1) is 17.3 Å². The first-order chi connectivity index (χ1) is 6.91. The SMILES string of the molecule is CC1C2CNCC2CN1C(=O)C(C)(C)C. The number of nitrogens with one attached hydrogen (secondary N) is 1. The van der Waals surface area contributed by atoms with Gasteiger partial charge in [-0.05, 0) is 18.8 Å². The molecule has 2 rings (SSSR count). The van der Waals surface area contributed by atoms with Crippen molar-refractivity contribution in [3.8, 4) is 0 Å². The summed E-state index contributed by atoms with van der Waals surface area (Å²) in [5.74, 6) is 1.67. The molecule has 15 heavy (non-hydrogen) atoms. The predicted molar refractivity (Wildman–Crippen MR) is 60.5 cm³/mol. The Morgan fingerprint density at radius 2 is 2.00 bits per heavy atom. The molecule has 3 atom stereocenters. The van der Waals surface area contributed by atoms with Crippen molar-refractivity contribution in [3.05, 3.63) is 0 Å². The molecule has 86 valence electrons. The number of carbonyl (C=O) groups is 1. The van der Waals surface area contributed by atoms with Crippen molar-refractivity contribution < 1.29 is 4.79 Å². The standard InChI is InChI=1S/C12H22N2O/c1-8-10-6-13-5-9(10)7-14(8)11(15)12(2,3)4/h8-10,13H,5-7H2,1-4H3. The summed E-state index contributed by atoms with van der Waals surface area (Å²) in [5, 5.41) is 3.41. The molecule has 0 saturated carbocycles. The number of hydrogen-bond donors (Lipinski definition) is 1. The topological polar surface area (TPSA) is 32.3 Å². The lowest BCUT2D eigenvalue weighted by Gasteiger charge is -2.30. The molecule has 2 saturated heterocycles. The first-order valence-corrected chi connectivity index (χ1v) is 5.93. The van der Waals surface area contributed by atoms with Gasteiger partial charge in [-0.3, -0.25) is 4.79 Å². The van der Waals surface area contributed by atoms with E-state index in [9.17, 15) is 4.79 Å². The molecule has 0 aromatic carbocycles. The minimum absolute atomic E-state index is 0.236. The second kappa shape index (κ2) is 3.48. The Balaban J connectivity index is 2.10. The van der Waals surface area contributed by atoms with Crippen LogP contribution >= 0.6 is 0 Å². The third-order valence-electron chi connectivity index (χ3n) is 3.84. The van der Waals surface area contributed by atoms with E-state index in [1.54, 1.807) is 0 Å². The summed E-state index contributed by atoms with van der Waals surface area (Å²) >= 11 is 0. The van der Waals surface area contributed by atoms with Gasteiger partial charge in [-0.25, -0.2) is 0 Å². The number of nitrogens with zero attached hydrogens (tertiary/aromatic N) is 1. The van der Waals surface area contributed by atoms with Crippen molar-refractivity contribution in [2.24, 2.45) is 17.3 Å². The smallest absolute Gasteiger partial charge is 0.228 e. The van der Waals surface area contributed by atoms with Crippen LogP contribution in [0.3, 0.4) is 0 Å². The van der Waals surface area contributed by atoms with E-state index in [1.807, 2.05) is 20.8 Å². The van der Waals surface area contributed by atoms with Crippen LogP contribution in [-0.4, -0.2) is 36.5 Å². The van der Waals surface area contributed by atoms with Crippen molar-refractivity contribution >= 4 is 5.91 Å². The second-order valence-electron chi connectivity index (χ2n) is 6.03. The van der Waals surface area contributed by atoms with Gasteiger partial charge in [0.25, 0.3) is 0 Å². The summed E-state index contributed by atoms with van der Waals surface area (Å²) in [7, 11) is 0. The summed E-state index contributed by atoms with van der Waals surface area (Å²) in [6.07, 6.45) is 0. The highest BCUT2D eigenvalue weighted by atomic mass is 16.2. The van der Waals surface area contributed by atoms with E-state index in [-0.39, 0.29) is 5.41 Å². The van der Waals surface area contributed by atoms with Crippen LogP contribution in [0.15, 0.2) is 0 Å². The first kappa shape index (κ1) is 10.9. The van der Waals surface area contributed by atoms with Crippen LogP contribution in [0.4, 0.5) is 0 Å². The molecule has 0 radical (unpaired) electrons. The minimum Gasteiger partial charge on any atom is -0.339 e. The maximum Gasteiger partial charge on any atom is 0.228 e. The van der Waals surface area contributed by atoms with E-state index < -0.39 is 0 Å². The maximum atomic E-state index is 12.2. The van der Waals surface area contributed by atoms with Crippen molar-refractivity contribution in [3.63, 3.8) is 0 Å². The van der Waals surface area contributed by atoms with Gasteiger partial charge in [0, 0.05) is 31.1 Å². The van der Waals surface area contributed by atoms with Gasteiger partial charge >= 0.3 is 0 Å². The molecule has 3 unspecified atom stereocenters. The average molecular weight is 210 g/mol. The fourth-order valence-corrected chi connectivity index (χ4v) is 2.87. The zero-order chi connectivity index (χ0) is 11.2. The highest BCUT2D eigenvalue weighted by Gasteiger charge is 2.45. The van der Waals surface area contributed by atoms with Gasteiger partial charge in [0.2, 0.25) is 5.91 Å². The fraction of sp³-hybridized carbons (Fsp3) is 0.917. The molecule has 3 nitrogen and oxygen atoms in total. The molecule has 0 aliphatic carbocycles. The van der Waals surface area contributed by atoms with Crippen LogP contribution in [0.25, 0.3) is 0 Å². The molecule has 2 aliphatic heterocycles. The lowest BCUT2D eigenvalue weighted by Crippen LogP contribution is -2.43. The van der Waals surface area contributed by atoms with E-state index >= 15 is 0 Å². The number of fused-ring (bicyclic) bond motifs is 1. The van der Waals surface area contributed by atoms with E-state index in [0.717, 1.165) is 19.6 Å². The van der Waals surface area contributed by atoms with Gasteiger partial charge < -0.3 is 10.2 Å². The molecular formula is C12H22N2O. The van der Waals surface area contributed by atoms with Crippen LogP contribution in [0.5, 0.6) is 0 Å². The molecule has 2 heterocycles. The largest absolute Gasteiger partial charge is 0.339 e. The Kier molecular flexibility index (Phi) is 2.53. The summed E-state index contributed by atoms with van der Waals surface area (Å²) in [5.41, 5.74) is -0.236. The molecule has 1 amide bonds. The van der Waals surface area contributed by atoms with E-state index in [0.29, 0.717) is 23.8 Å². The van der Waals surface area contributed by atoms with Gasteiger partial charge in [-0.15, -0.1) is 0 Å². The summed E-state index contributed by atoms with van der Waals surface area (Å²) in [6, 6.07) is 0.414. The van der Waals surface area contributed by atoms with Crippen LogP contribution in [0.1, 0.15) is 27.7 Å². The molecule has 0 aromatic rings. The van der Waals surface area contributed by atoms with Crippen molar-refractivity contribution in [2.75, 3.05) is 19.6 Å². The summed E-state index contributed by atoms with van der Waals surface area (Å²) in [6.45, 7) is 11.3. The van der Waals surface area contributed by atoms with Crippen LogP contribution in [-0.2, 0) is 4.79 Å². The quantitative estimate of drug-likeness (QED) is 0.649. The molecule has 0 bridgehead atoms. The Labute approximate surface area is 92.2 Å². The lowest BCUT2D eigenvalue weighted by atomic mass is 9.93. The molecule has 2 aliphatic rings. The van der Waals surface area contributed by atoms with Gasteiger partial charge in [0.1, 0.15) is 0 Å². The monoisotopic (exact) mass is 210 g/mol. The molecule has 3 heteroatoms. The van der Waals surface area contributed by atoms with Crippen molar-refractivity contribution in [1.29, 1.82) is 0 Å². The second-order valence-corrected chi connectivity index (χ2v) is 6.03. The molecule has 2 fully saturated rings. The van der Waals surface area contributed by atoms with Gasteiger partial charge in [-0.2, -0.15) is 0 Å². The highest BCUT2D eigenvalue weighted by molar-refractivity contribution is 5.82.